The lowest BCUT2D eigenvalue weighted by molar-refractivity contribution is 0.0891. The number of hydrogen-bond acceptors (Lipinski definition) is 2. The average molecular weight is 354 g/mol. The number of aryl methyl sites for hydroxylation is 1. The highest BCUT2D eigenvalue weighted by Crippen LogP contribution is 2.21. The van der Waals surface area contributed by atoms with Gasteiger partial charge in [-0.25, -0.2) is 8.78 Å². The van der Waals surface area contributed by atoms with Gasteiger partial charge < -0.3 is 10.4 Å². The lowest BCUT2D eigenvalue weighted by atomic mass is 10.0. The van der Waals surface area contributed by atoms with Gasteiger partial charge >= 0.3 is 0 Å². The van der Waals surface area contributed by atoms with Gasteiger partial charge in [0, 0.05) is 11.4 Å². The van der Waals surface area contributed by atoms with E-state index in [2.05, 4.69) is 5.32 Å². The normalized spacial score (nSPS) is 13.4. The van der Waals surface area contributed by atoms with E-state index in [0.29, 0.717) is 16.1 Å². The molecule has 0 aromatic heterocycles. The zero-order chi connectivity index (χ0) is 17.7. The molecule has 0 aliphatic carbocycles. The van der Waals surface area contributed by atoms with Crippen molar-refractivity contribution in [3.8, 4) is 0 Å². The summed E-state index contributed by atoms with van der Waals surface area (Å²) in [7, 11) is 0. The number of rotatable bonds is 6. The Balaban J connectivity index is 2.06. The molecule has 1 amide bonds. The van der Waals surface area contributed by atoms with E-state index in [-0.39, 0.29) is 12.0 Å². The minimum Gasteiger partial charge on any atom is -0.388 e. The fourth-order valence-corrected chi connectivity index (χ4v) is 2.55. The third-order valence-corrected chi connectivity index (χ3v) is 3.99. The van der Waals surface area contributed by atoms with Crippen molar-refractivity contribution in [2.45, 2.75) is 25.5 Å². The van der Waals surface area contributed by atoms with Gasteiger partial charge in [0.05, 0.1) is 17.7 Å². The fraction of sp³-hybridized carbons (Fsp3) is 0.278. The first kappa shape index (κ1) is 18.4. The summed E-state index contributed by atoms with van der Waals surface area (Å²) in [5.41, 5.74) is 0.912. The summed E-state index contributed by atoms with van der Waals surface area (Å²) in [6.45, 7) is 0.731. The Morgan fingerprint density at radius 2 is 1.92 bits per heavy atom. The van der Waals surface area contributed by atoms with E-state index in [9.17, 15) is 18.7 Å². The smallest absolute Gasteiger partial charge is 0.254 e. The lowest BCUT2D eigenvalue weighted by Crippen LogP contribution is -2.38. The summed E-state index contributed by atoms with van der Waals surface area (Å²) < 4.78 is 27.0. The topological polar surface area (TPSA) is 49.3 Å². The molecule has 0 saturated heterocycles. The molecule has 2 aromatic carbocycles. The summed E-state index contributed by atoms with van der Waals surface area (Å²) >= 11 is 5.78. The van der Waals surface area contributed by atoms with E-state index in [1.54, 1.807) is 37.3 Å². The van der Waals surface area contributed by atoms with Gasteiger partial charge in [0.25, 0.3) is 5.91 Å². The van der Waals surface area contributed by atoms with Crippen molar-refractivity contribution in [2.75, 3.05) is 6.67 Å². The van der Waals surface area contributed by atoms with Crippen LogP contribution in [0.4, 0.5) is 8.78 Å². The Morgan fingerprint density at radius 1 is 1.25 bits per heavy atom. The molecular formula is C18H18ClF2NO2. The molecule has 0 heterocycles. The third kappa shape index (κ3) is 4.52. The predicted molar refractivity (Wildman–Crippen MR) is 89.4 cm³/mol. The molecule has 2 atom stereocenters. The van der Waals surface area contributed by atoms with E-state index in [0.717, 1.165) is 0 Å². The molecule has 24 heavy (non-hydrogen) atoms. The van der Waals surface area contributed by atoms with Crippen molar-refractivity contribution in [1.29, 1.82) is 0 Å². The van der Waals surface area contributed by atoms with Gasteiger partial charge in [-0.3, -0.25) is 4.79 Å². The molecule has 6 heteroatoms. The molecule has 0 fully saturated rings. The van der Waals surface area contributed by atoms with Crippen molar-refractivity contribution >= 4 is 17.5 Å². The monoisotopic (exact) mass is 353 g/mol. The van der Waals surface area contributed by atoms with Crippen LogP contribution in [-0.4, -0.2) is 23.7 Å². The van der Waals surface area contributed by atoms with Crippen molar-refractivity contribution in [1.82, 2.24) is 5.32 Å². The summed E-state index contributed by atoms with van der Waals surface area (Å²) in [6.07, 6.45) is -0.998. The quantitative estimate of drug-likeness (QED) is 0.825. The van der Waals surface area contributed by atoms with Gasteiger partial charge in [0.15, 0.2) is 0 Å². The summed E-state index contributed by atoms with van der Waals surface area (Å²) in [5.74, 6) is -1.36. The van der Waals surface area contributed by atoms with Crippen LogP contribution in [0.3, 0.4) is 0 Å². The van der Waals surface area contributed by atoms with Crippen LogP contribution >= 0.6 is 11.6 Å². The number of carbonyl (C=O) groups excluding carboxylic acids is 1. The Labute approximate surface area is 144 Å². The fourth-order valence-electron chi connectivity index (χ4n) is 2.43. The second-order valence-corrected chi connectivity index (χ2v) is 6.00. The van der Waals surface area contributed by atoms with Gasteiger partial charge in [-0.1, -0.05) is 35.9 Å². The van der Waals surface area contributed by atoms with Crippen molar-refractivity contribution < 1.29 is 18.7 Å². The maximum absolute atomic E-state index is 13.8. The Bertz CT molecular complexity index is 686. The Kier molecular flexibility index (Phi) is 6.29. The van der Waals surface area contributed by atoms with Crippen LogP contribution in [0.1, 0.15) is 34.0 Å². The SMILES string of the molecule is Cc1cccc(F)c1C(=O)NC(CF)CC(O)c1ccc(Cl)cc1. The van der Waals surface area contributed by atoms with Crippen LogP contribution in [0, 0.1) is 12.7 Å². The molecule has 2 unspecified atom stereocenters. The number of benzene rings is 2. The molecular weight excluding hydrogens is 336 g/mol. The number of halogens is 3. The molecule has 0 spiro atoms. The zero-order valence-corrected chi connectivity index (χ0v) is 13.9. The van der Waals surface area contributed by atoms with Crippen LogP contribution in [0.2, 0.25) is 5.02 Å². The van der Waals surface area contributed by atoms with E-state index < -0.39 is 30.5 Å². The second-order valence-electron chi connectivity index (χ2n) is 5.56. The maximum atomic E-state index is 13.8. The molecule has 128 valence electrons. The molecule has 2 N–H and O–H groups in total. The molecule has 0 bridgehead atoms. The first-order chi connectivity index (χ1) is 11.4. The van der Waals surface area contributed by atoms with Gasteiger partial charge in [0.2, 0.25) is 0 Å². The van der Waals surface area contributed by atoms with E-state index in [4.69, 9.17) is 11.6 Å². The maximum Gasteiger partial charge on any atom is 0.254 e. The summed E-state index contributed by atoms with van der Waals surface area (Å²) in [6, 6.07) is 9.84. The number of hydrogen-bond donors (Lipinski definition) is 2. The van der Waals surface area contributed by atoms with Crippen LogP contribution in [0.15, 0.2) is 42.5 Å². The minimum absolute atomic E-state index is 0.0304. The van der Waals surface area contributed by atoms with Crippen LogP contribution in [-0.2, 0) is 0 Å². The Morgan fingerprint density at radius 3 is 2.50 bits per heavy atom. The number of amides is 1. The second kappa shape index (κ2) is 8.22. The number of aliphatic hydroxyl groups is 1. The van der Waals surface area contributed by atoms with Gasteiger partial charge in [0.1, 0.15) is 12.5 Å². The highest BCUT2D eigenvalue weighted by Gasteiger charge is 2.21. The molecule has 0 aliphatic heterocycles. The first-order valence-corrected chi connectivity index (χ1v) is 7.85. The minimum atomic E-state index is -0.968. The highest BCUT2D eigenvalue weighted by molar-refractivity contribution is 6.30. The highest BCUT2D eigenvalue weighted by atomic mass is 35.5. The third-order valence-electron chi connectivity index (χ3n) is 3.73. The van der Waals surface area contributed by atoms with Crippen LogP contribution in [0.5, 0.6) is 0 Å². The summed E-state index contributed by atoms with van der Waals surface area (Å²) in [5, 5.41) is 13.1. The van der Waals surface area contributed by atoms with Crippen molar-refractivity contribution in [3.63, 3.8) is 0 Å². The zero-order valence-electron chi connectivity index (χ0n) is 13.1. The van der Waals surface area contributed by atoms with Crippen LogP contribution in [0.25, 0.3) is 0 Å². The molecule has 3 nitrogen and oxygen atoms in total. The van der Waals surface area contributed by atoms with E-state index >= 15 is 0 Å². The number of alkyl halides is 1. The molecule has 0 saturated carbocycles. The average Bonchev–Trinajstić information content (AvgIpc) is 2.54. The lowest BCUT2D eigenvalue weighted by Gasteiger charge is -2.20. The predicted octanol–water partition coefficient (Wildman–Crippen LogP) is 3.98. The standard InChI is InChI=1S/C18H18ClF2NO2/c1-11-3-2-4-15(21)17(11)18(24)22-14(10-20)9-16(23)12-5-7-13(19)8-6-12/h2-8,14,16,23H,9-10H2,1H3,(H,22,24). The largest absolute Gasteiger partial charge is 0.388 e. The first-order valence-electron chi connectivity index (χ1n) is 7.48. The number of aliphatic hydroxyl groups excluding tert-OH is 1. The number of nitrogens with one attached hydrogen (secondary N) is 1. The van der Waals surface area contributed by atoms with E-state index in [1.807, 2.05) is 0 Å². The van der Waals surface area contributed by atoms with Gasteiger partial charge in [-0.15, -0.1) is 0 Å². The van der Waals surface area contributed by atoms with Crippen molar-refractivity contribution in [3.05, 3.63) is 70.0 Å². The van der Waals surface area contributed by atoms with Crippen LogP contribution < -0.4 is 5.32 Å². The molecule has 2 aromatic rings. The number of carbonyl (C=O) groups is 1. The molecule has 2 rings (SSSR count). The van der Waals surface area contributed by atoms with Gasteiger partial charge in [-0.05, 0) is 36.2 Å². The van der Waals surface area contributed by atoms with Crippen molar-refractivity contribution in [2.24, 2.45) is 0 Å². The molecule has 0 radical (unpaired) electrons. The summed E-state index contributed by atoms with van der Waals surface area (Å²) in [4.78, 5) is 12.2. The van der Waals surface area contributed by atoms with Gasteiger partial charge in [-0.2, -0.15) is 0 Å². The molecule has 0 aliphatic rings. The Hall–Kier alpha value is -1.98. The van der Waals surface area contributed by atoms with E-state index in [1.165, 1.54) is 12.1 Å².